The summed E-state index contributed by atoms with van der Waals surface area (Å²) in [5.74, 6) is -0.261. The molecule has 2 amide bonds. The lowest BCUT2D eigenvalue weighted by Crippen LogP contribution is -2.15. The van der Waals surface area contributed by atoms with Crippen molar-refractivity contribution in [1.82, 2.24) is 0 Å². The summed E-state index contributed by atoms with van der Waals surface area (Å²) in [6.45, 7) is 0. The molecule has 0 atom stereocenters. The molecule has 5 heteroatoms. The third kappa shape index (κ3) is 4.64. The van der Waals surface area contributed by atoms with Crippen molar-refractivity contribution in [3.8, 4) is 0 Å². The van der Waals surface area contributed by atoms with Crippen molar-refractivity contribution < 1.29 is 14.0 Å². The smallest absolute Gasteiger partial charge is 0.291 e. The van der Waals surface area contributed by atoms with E-state index in [2.05, 4.69) is 10.6 Å². The maximum absolute atomic E-state index is 12.8. The molecule has 0 aliphatic rings. The molecule has 0 unspecified atom stereocenters. The number of carbonyl (C=O) groups excluding carboxylic acids is 2. The van der Waals surface area contributed by atoms with Crippen molar-refractivity contribution >= 4 is 23.2 Å². The van der Waals surface area contributed by atoms with Gasteiger partial charge in [-0.3, -0.25) is 9.59 Å². The molecule has 5 nitrogen and oxygen atoms in total. The molecule has 4 aromatic rings. The zero-order valence-corrected chi connectivity index (χ0v) is 16.2. The van der Waals surface area contributed by atoms with E-state index >= 15 is 0 Å². The average molecular weight is 396 g/mol. The molecule has 148 valence electrons. The van der Waals surface area contributed by atoms with Gasteiger partial charge in [-0.2, -0.15) is 0 Å². The third-order valence-electron chi connectivity index (χ3n) is 4.64. The molecule has 0 aliphatic carbocycles. The fraction of sp³-hybridized carbons (Fsp3) is 0.0400. The van der Waals surface area contributed by atoms with Crippen LogP contribution in [0.25, 0.3) is 0 Å². The number of hydrogen-bond donors (Lipinski definition) is 2. The minimum absolute atomic E-state index is 0.172. The van der Waals surface area contributed by atoms with Crippen molar-refractivity contribution in [3.05, 3.63) is 120 Å². The molecule has 0 spiro atoms. The first-order valence-electron chi connectivity index (χ1n) is 9.57. The molecule has 30 heavy (non-hydrogen) atoms. The minimum atomic E-state index is -0.327. The maximum atomic E-state index is 12.8. The predicted molar refractivity (Wildman–Crippen MR) is 117 cm³/mol. The van der Waals surface area contributed by atoms with Crippen molar-refractivity contribution in [2.24, 2.45) is 0 Å². The van der Waals surface area contributed by atoms with Crippen LogP contribution in [0.15, 0.2) is 102 Å². The molecule has 0 saturated heterocycles. The summed E-state index contributed by atoms with van der Waals surface area (Å²) in [6, 6.07) is 27.8. The normalized spacial score (nSPS) is 10.4. The van der Waals surface area contributed by atoms with Gasteiger partial charge in [-0.05, 0) is 60.0 Å². The van der Waals surface area contributed by atoms with E-state index in [1.54, 1.807) is 36.4 Å². The van der Waals surface area contributed by atoms with Crippen LogP contribution < -0.4 is 10.6 Å². The van der Waals surface area contributed by atoms with Crippen LogP contribution in [0.1, 0.15) is 32.0 Å². The van der Waals surface area contributed by atoms with Crippen LogP contribution in [0, 0.1) is 0 Å². The monoisotopic (exact) mass is 396 g/mol. The van der Waals surface area contributed by atoms with Crippen molar-refractivity contribution in [2.75, 3.05) is 10.6 Å². The zero-order valence-electron chi connectivity index (χ0n) is 16.2. The number of nitrogens with one attached hydrogen (secondary N) is 2. The first kappa shape index (κ1) is 19.2. The van der Waals surface area contributed by atoms with Crippen LogP contribution >= 0.6 is 0 Å². The Kier molecular flexibility index (Phi) is 5.71. The van der Waals surface area contributed by atoms with E-state index < -0.39 is 0 Å². The van der Waals surface area contributed by atoms with Gasteiger partial charge < -0.3 is 15.1 Å². The molecule has 0 bridgehead atoms. The Morgan fingerprint density at radius 3 is 1.97 bits per heavy atom. The summed E-state index contributed by atoms with van der Waals surface area (Å²) in [6.07, 6.45) is 2.13. The van der Waals surface area contributed by atoms with Crippen LogP contribution in [0.4, 0.5) is 11.4 Å². The second-order valence-corrected chi connectivity index (χ2v) is 6.78. The first-order chi connectivity index (χ1) is 14.7. The lowest BCUT2D eigenvalue weighted by molar-refractivity contribution is 0.0994. The molecule has 0 fully saturated rings. The minimum Gasteiger partial charge on any atom is -0.459 e. The van der Waals surface area contributed by atoms with Gasteiger partial charge in [-0.25, -0.2) is 0 Å². The fourth-order valence-electron chi connectivity index (χ4n) is 3.15. The van der Waals surface area contributed by atoms with Gasteiger partial charge in [0, 0.05) is 16.9 Å². The van der Waals surface area contributed by atoms with Gasteiger partial charge in [0.15, 0.2) is 5.76 Å². The fourth-order valence-corrected chi connectivity index (χ4v) is 3.15. The predicted octanol–water partition coefficient (Wildman–Crippen LogP) is 5.38. The van der Waals surface area contributed by atoms with E-state index in [0.29, 0.717) is 23.4 Å². The first-order valence-corrected chi connectivity index (χ1v) is 9.57. The second kappa shape index (κ2) is 8.92. The van der Waals surface area contributed by atoms with Gasteiger partial charge in [0.25, 0.3) is 11.8 Å². The SMILES string of the molecule is O=C(Nc1ccc(NC(=O)c2ccccc2Cc2ccccc2)cc1)c1ccco1. The summed E-state index contributed by atoms with van der Waals surface area (Å²) >= 11 is 0. The Hall–Kier alpha value is -4.12. The largest absolute Gasteiger partial charge is 0.459 e. The molecule has 1 aromatic heterocycles. The Morgan fingerprint density at radius 2 is 1.30 bits per heavy atom. The Bertz CT molecular complexity index is 1130. The van der Waals surface area contributed by atoms with E-state index in [1.165, 1.54) is 6.26 Å². The van der Waals surface area contributed by atoms with Crippen molar-refractivity contribution in [3.63, 3.8) is 0 Å². The number of rotatable bonds is 6. The highest BCUT2D eigenvalue weighted by molar-refractivity contribution is 6.06. The van der Waals surface area contributed by atoms with E-state index in [1.807, 2.05) is 54.6 Å². The molecule has 4 rings (SSSR count). The van der Waals surface area contributed by atoms with Gasteiger partial charge >= 0.3 is 0 Å². The molecule has 0 radical (unpaired) electrons. The van der Waals surface area contributed by atoms with Crippen LogP contribution in [0.3, 0.4) is 0 Å². The quantitative estimate of drug-likeness (QED) is 0.460. The number of benzene rings is 3. The van der Waals surface area contributed by atoms with Gasteiger partial charge in [-0.1, -0.05) is 48.5 Å². The maximum Gasteiger partial charge on any atom is 0.291 e. The van der Waals surface area contributed by atoms with Crippen molar-refractivity contribution in [2.45, 2.75) is 6.42 Å². The van der Waals surface area contributed by atoms with Crippen LogP contribution in [-0.2, 0) is 6.42 Å². The second-order valence-electron chi connectivity index (χ2n) is 6.78. The highest BCUT2D eigenvalue weighted by atomic mass is 16.3. The lowest BCUT2D eigenvalue weighted by atomic mass is 9.99. The van der Waals surface area contributed by atoms with E-state index in [0.717, 1.165) is 11.1 Å². The molecule has 3 aromatic carbocycles. The Labute approximate surface area is 174 Å². The Morgan fingerprint density at radius 1 is 0.667 bits per heavy atom. The summed E-state index contributed by atoms with van der Waals surface area (Å²) in [7, 11) is 0. The topological polar surface area (TPSA) is 71.3 Å². The van der Waals surface area contributed by atoms with E-state index in [9.17, 15) is 9.59 Å². The lowest BCUT2D eigenvalue weighted by Gasteiger charge is -2.11. The Balaban J connectivity index is 1.43. The summed E-state index contributed by atoms with van der Waals surface area (Å²) in [5.41, 5.74) is 4.00. The van der Waals surface area contributed by atoms with Gasteiger partial charge in [0.2, 0.25) is 0 Å². The number of furan rings is 1. The van der Waals surface area contributed by atoms with E-state index in [-0.39, 0.29) is 17.6 Å². The van der Waals surface area contributed by atoms with Crippen LogP contribution in [-0.4, -0.2) is 11.8 Å². The number of amides is 2. The molecular weight excluding hydrogens is 376 g/mol. The number of carbonyl (C=O) groups is 2. The molecular formula is C25H20N2O3. The van der Waals surface area contributed by atoms with Gasteiger partial charge in [-0.15, -0.1) is 0 Å². The summed E-state index contributed by atoms with van der Waals surface area (Å²) in [5, 5.41) is 5.67. The average Bonchev–Trinajstić information content (AvgIpc) is 3.31. The van der Waals surface area contributed by atoms with E-state index in [4.69, 9.17) is 4.42 Å². The number of hydrogen-bond acceptors (Lipinski definition) is 3. The standard InChI is InChI=1S/C25H20N2O3/c28-24(22-10-5-4-9-19(22)17-18-7-2-1-3-8-18)26-20-12-14-21(15-13-20)27-25(29)23-11-6-16-30-23/h1-16H,17H2,(H,26,28)(H,27,29). The third-order valence-corrected chi connectivity index (χ3v) is 4.64. The molecule has 2 N–H and O–H groups in total. The zero-order chi connectivity index (χ0) is 20.8. The van der Waals surface area contributed by atoms with Crippen molar-refractivity contribution in [1.29, 1.82) is 0 Å². The molecule has 1 heterocycles. The number of anilines is 2. The van der Waals surface area contributed by atoms with Crippen LogP contribution in [0.2, 0.25) is 0 Å². The van der Waals surface area contributed by atoms with Gasteiger partial charge in [0.05, 0.1) is 6.26 Å². The highest BCUT2D eigenvalue weighted by Crippen LogP contribution is 2.19. The molecule has 0 saturated carbocycles. The van der Waals surface area contributed by atoms with Crippen LogP contribution in [0.5, 0.6) is 0 Å². The molecule has 0 aliphatic heterocycles. The summed E-state index contributed by atoms with van der Waals surface area (Å²) in [4.78, 5) is 24.9. The van der Waals surface area contributed by atoms with Gasteiger partial charge in [0.1, 0.15) is 0 Å². The highest BCUT2D eigenvalue weighted by Gasteiger charge is 2.12. The summed E-state index contributed by atoms with van der Waals surface area (Å²) < 4.78 is 5.08.